The van der Waals surface area contributed by atoms with Crippen molar-refractivity contribution in [3.63, 3.8) is 0 Å². The second-order valence-electron chi connectivity index (χ2n) is 3.32. The molecule has 0 saturated carbocycles. The first-order valence-electron chi connectivity index (χ1n) is 4.46. The highest BCUT2D eigenvalue weighted by molar-refractivity contribution is 6.19. The summed E-state index contributed by atoms with van der Waals surface area (Å²) >= 11 is 0. The van der Waals surface area contributed by atoms with Crippen LogP contribution in [0.3, 0.4) is 0 Å². The quantitative estimate of drug-likeness (QED) is 0.705. The summed E-state index contributed by atoms with van der Waals surface area (Å²) in [5, 5.41) is 2.37. The Morgan fingerprint density at radius 3 is 2.67 bits per heavy atom. The molecule has 4 nitrogen and oxygen atoms in total. The molecular weight excluding hydrogens is 199 g/mol. The van der Waals surface area contributed by atoms with Gasteiger partial charge in [-0.25, -0.2) is 14.1 Å². The number of nitrogens with one attached hydrogen (secondary N) is 1. The van der Waals surface area contributed by atoms with Crippen LogP contribution in [0.15, 0.2) is 18.2 Å². The van der Waals surface area contributed by atoms with Crippen molar-refractivity contribution in [3.05, 3.63) is 29.6 Å². The fraction of sp³-hybridized carbons (Fsp3) is 0.200. The van der Waals surface area contributed by atoms with Crippen LogP contribution in [0.2, 0.25) is 0 Å². The number of halogens is 1. The standard InChI is InChI=1S/C10H9FN2O2/c1-6-2-3-7(4-8(6)11)13-9(14)5-12-10(13)15/h2-4H,5H2,1H3,(H,12,15). The van der Waals surface area contributed by atoms with Gasteiger partial charge < -0.3 is 5.32 Å². The minimum atomic E-state index is -0.511. The molecule has 78 valence electrons. The Hall–Kier alpha value is -1.91. The molecule has 1 fully saturated rings. The lowest BCUT2D eigenvalue weighted by atomic mass is 10.2. The molecule has 2 rings (SSSR count). The van der Waals surface area contributed by atoms with Gasteiger partial charge in [-0.1, -0.05) is 6.07 Å². The summed E-state index contributed by atoms with van der Waals surface area (Å²) in [6, 6.07) is 3.74. The van der Waals surface area contributed by atoms with E-state index >= 15 is 0 Å². The van der Waals surface area contributed by atoms with Gasteiger partial charge in [0.2, 0.25) is 0 Å². The number of carbonyl (C=O) groups excluding carboxylic acids is 2. The van der Waals surface area contributed by atoms with Crippen molar-refractivity contribution in [1.82, 2.24) is 5.32 Å². The number of imide groups is 1. The van der Waals surface area contributed by atoms with Crippen molar-refractivity contribution < 1.29 is 14.0 Å². The second kappa shape index (κ2) is 3.34. The third-order valence-corrected chi connectivity index (χ3v) is 2.26. The molecular formula is C10H9FN2O2. The molecule has 1 aliphatic rings. The molecule has 1 N–H and O–H groups in total. The fourth-order valence-electron chi connectivity index (χ4n) is 1.40. The number of rotatable bonds is 1. The summed E-state index contributed by atoms with van der Waals surface area (Å²) in [4.78, 5) is 23.5. The number of aryl methyl sites for hydroxylation is 1. The lowest BCUT2D eigenvalue weighted by molar-refractivity contribution is -0.115. The van der Waals surface area contributed by atoms with E-state index < -0.39 is 11.8 Å². The molecule has 0 atom stereocenters. The minimum Gasteiger partial charge on any atom is -0.328 e. The van der Waals surface area contributed by atoms with Crippen molar-refractivity contribution in [2.75, 3.05) is 11.4 Å². The van der Waals surface area contributed by atoms with E-state index in [0.29, 0.717) is 5.56 Å². The summed E-state index contributed by atoms with van der Waals surface area (Å²) in [6.45, 7) is 1.58. The summed E-state index contributed by atoms with van der Waals surface area (Å²) in [7, 11) is 0. The van der Waals surface area contributed by atoms with Gasteiger partial charge in [-0.15, -0.1) is 0 Å². The fourth-order valence-corrected chi connectivity index (χ4v) is 1.40. The Morgan fingerprint density at radius 2 is 2.13 bits per heavy atom. The van der Waals surface area contributed by atoms with E-state index in [4.69, 9.17) is 0 Å². The maximum absolute atomic E-state index is 13.2. The lowest BCUT2D eigenvalue weighted by Gasteiger charge is -2.12. The molecule has 1 aromatic rings. The van der Waals surface area contributed by atoms with Gasteiger partial charge >= 0.3 is 6.03 Å². The monoisotopic (exact) mass is 208 g/mol. The first-order valence-corrected chi connectivity index (χ1v) is 4.46. The molecule has 0 radical (unpaired) electrons. The zero-order valence-corrected chi connectivity index (χ0v) is 8.08. The van der Waals surface area contributed by atoms with E-state index in [-0.39, 0.29) is 18.1 Å². The average Bonchev–Trinajstić information content (AvgIpc) is 2.52. The molecule has 0 bridgehead atoms. The maximum atomic E-state index is 13.2. The van der Waals surface area contributed by atoms with Crippen LogP contribution in [0.1, 0.15) is 5.56 Å². The maximum Gasteiger partial charge on any atom is 0.329 e. The van der Waals surface area contributed by atoms with E-state index in [1.54, 1.807) is 13.0 Å². The molecule has 1 heterocycles. The SMILES string of the molecule is Cc1ccc(N2C(=O)CNC2=O)cc1F. The predicted octanol–water partition coefficient (Wildman–Crippen LogP) is 1.19. The summed E-state index contributed by atoms with van der Waals surface area (Å²) in [6.07, 6.45) is 0. The minimum absolute atomic E-state index is 0.0334. The smallest absolute Gasteiger partial charge is 0.328 e. The largest absolute Gasteiger partial charge is 0.329 e. The predicted molar refractivity (Wildman–Crippen MR) is 52.0 cm³/mol. The van der Waals surface area contributed by atoms with Crippen LogP contribution in [0.25, 0.3) is 0 Å². The van der Waals surface area contributed by atoms with Crippen LogP contribution >= 0.6 is 0 Å². The summed E-state index contributed by atoms with van der Waals surface area (Å²) < 4.78 is 13.2. The number of nitrogens with zero attached hydrogens (tertiary/aromatic N) is 1. The van der Waals surface area contributed by atoms with E-state index in [0.717, 1.165) is 4.90 Å². The Labute approximate surface area is 85.7 Å². The van der Waals surface area contributed by atoms with Crippen LogP contribution in [-0.2, 0) is 4.79 Å². The van der Waals surface area contributed by atoms with Gasteiger partial charge in [0, 0.05) is 0 Å². The van der Waals surface area contributed by atoms with Crippen LogP contribution in [-0.4, -0.2) is 18.5 Å². The van der Waals surface area contributed by atoms with Gasteiger partial charge in [-0.3, -0.25) is 4.79 Å². The molecule has 0 unspecified atom stereocenters. The zero-order valence-electron chi connectivity index (χ0n) is 8.08. The molecule has 5 heteroatoms. The highest BCUT2D eigenvalue weighted by Gasteiger charge is 2.30. The van der Waals surface area contributed by atoms with Crippen molar-refractivity contribution >= 4 is 17.6 Å². The van der Waals surface area contributed by atoms with E-state index in [1.165, 1.54) is 12.1 Å². The topological polar surface area (TPSA) is 49.4 Å². The first kappa shape index (κ1) is 9.64. The van der Waals surface area contributed by atoms with Gasteiger partial charge in [0.05, 0.1) is 12.2 Å². The van der Waals surface area contributed by atoms with Gasteiger partial charge in [-0.2, -0.15) is 0 Å². The third kappa shape index (κ3) is 1.56. The Balaban J connectivity index is 2.41. The molecule has 0 aromatic heterocycles. The number of benzene rings is 1. The molecule has 15 heavy (non-hydrogen) atoms. The number of hydrogen-bond acceptors (Lipinski definition) is 2. The third-order valence-electron chi connectivity index (χ3n) is 2.26. The van der Waals surface area contributed by atoms with E-state index in [1.807, 2.05) is 0 Å². The number of carbonyl (C=O) groups is 2. The summed E-state index contributed by atoms with van der Waals surface area (Å²) in [5.74, 6) is -0.803. The normalized spacial score (nSPS) is 15.7. The zero-order chi connectivity index (χ0) is 11.0. The molecule has 1 aromatic carbocycles. The summed E-state index contributed by atoms with van der Waals surface area (Å²) in [5.41, 5.74) is 0.740. The highest BCUT2D eigenvalue weighted by atomic mass is 19.1. The molecule has 3 amide bonds. The first-order chi connectivity index (χ1) is 7.09. The van der Waals surface area contributed by atoms with Crippen LogP contribution in [0.5, 0.6) is 0 Å². The van der Waals surface area contributed by atoms with Crippen LogP contribution in [0.4, 0.5) is 14.9 Å². The average molecular weight is 208 g/mol. The number of hydrogen-bond donors (Lipinski definition) is 1. The van der Waals surface area contributed by atoms with E-state index in [2.05, 4.69) is 5.32 Å². The Kier molecular flexibility index (Phi) is 2.15. The van der Waals surface area contributed by atoms with Crippen molar-refractivity contribution in [2.24, 2.45) is 0 Å². The van der Waals surface area contributed by atoms with Gasteiger partial charge in [0.15, 0.2) is 0 Å². The van der Waals surface area contributed by atoms with Crippen molar-refractivity contribution in [2.45, 2.75) is 6.92 Å². The van der Waals surface area contributed by atoms with Crippen molar-refractivity contribution in [3.8, 4) is 0 Å². The second-order valence-corrected chi connectivity index (χ2v) is 3.32. The van der Waals surface area contributed by atoms with Crippen LogP contribution < -0.4 is 10.2 Å². The highest BCUT2D eigenvalue weighted by Crippen LogP contribution is 2.20. The Bertz CT molecular complexity index is 429. The number of urea groups is 1. The Morgan fingerprint density at radius 1 is 1.40 bits per heavy atom. The van der Waals surface area contributed by atoms with Crippen molar-refractivity contribution in [1.29, 1.82) is 0 Å². The number of amides is 3. The van der Waals surface area contributed by atoms with Gasteiger partial charge in [0.25, 0.3) is 5.91 Å². The molecule has 1 aliphatic heterocycles. The van der Waals surface area contributed by atoms with E-state index in [9.17, 15) is 14.0 Å². The van der Waals surface area contributed by atoms with Gasteiger partial charge in [0.1, 0.15) is 5.82 Å². The number of anilines is 1. The van der Waals surface area contributed by atoms with Gasteiger partial charge in [-0.05, 0) is 24.6 Å². The van der Waals surface area contributed by atoms with Crippen LogP contribution in [0, 0.1) is 12.7 Å². The lowest BCUT2D eigenvalue weighted by Crippen LogP contribution is -2.30. The molecule has 0 aliphatic carbocycles. The molecule has 0 spiro atoms. The molecule has 1 saturated heterocycles.